The van der Waals surface area contributed by atoms with Crippen LogP contribution in [-0.2, 0) is 6.54 Å². The van der Waals surface area contributed by atoms with Gasteiger partial charge in [0, 0.05) is 32.7 Å². The topological polar surface area (TPSA) is 44.3 Å². The second-order valence-electron chi connectivity index (χ2n) is 8.84. The molecule has 0 unspecified atom stereocenters. The fourth-order valence-corrected chi connectivity index (χ4v) is 4.93. The highest BCUT2D eigenvalue weighted by Crippen LogP contribution is 2.30. The van der Waals surface area contributed by atoms with Gasteiger partial charge in [-0.05, 0) is 60.5 Å². The number of aryl methyl sites for hydroxylation is 1. The van der Waals surface area contributed by atoms with Gasteiger partial charge >= 0.3 is 5.69 Å². The summed E-state index contributed by atoms with van der Waals surface area (Å²) in [6.45, 7) is 5.11. The van der Waals surface area contributed by atoms with Crippen LogP contribution in [0.3, 0.4) is 0 Å². The zero-order chi connectivity index (χ0) is 23.5. The molecule has 34 heavy (non-hydrogen) atoms. The third-order valence-corrected chi connectivity index (χ3v) is 6.68. The van der Waals surface area contributed by atoms with Crippen LogP contribution in [0.15, 0.2) is 77.6 Å². The van der Waals surface area contributed by atoms with E-state index in [-0.39, 0.29) is 23.4 Å². The average molecular weight is 463 g/mol. The van der Waals surface area contributed by atoms with Gasteiger partial charge in [0.1, 0.15) is 11.6 Å². The van der Waals surface area contributed by atoms with E-state index < -0.39 is 0 Å². The van der Waals surface area contributed by atoms with Crippen molar-refractivity contribution in [3.8, 4) is 0 Å². The summed E-state index contributed by atoms with van der Waals surface area (Å²) in [5.41, 5.74) is 3.75. The summed E-state index contributed by atoms with van der Waals surface area (Å²) in [5.74, 6) is -0.526. The van der Waals surface area contributed by atoms with E-state index >= 15 is 0 Å². The lowest BCUT2D eigenvalue weighted by Crippen LogP contribution is -2.48. The number of fused-ring (bicyclic) bond motifs is 1. The number of nitrogens with one attached hydrogen (secondary N) is 1. The Labute approximate surface area is 197 Å². The molecule has 1 fully saturated rings. The first-order chi connectivity index (χ1) is 16.6. The number of aromatic amines is 1. The molecule has 5 rings (SSSR count). The van der Waals surface area contributed by atoms with Gasteiger partial charge in [-0.2, -0.15) is 0 Å². The van der Waals surface area contributed by atoms with E-state index in [1.165, 1.54) is 24.3 Å². The maximum atomic E-state index is 13.5. The molecule has 176 valence electrons. The molecule has 0 aliphatic carbocycles. The van der Waals surface area contributed by atoms with Crippen LogP contribution in [0.2, 0.25) is 0 Å². The van der Waals surface area contributed by atoms with E-state index in [1.807, 2.05) is 53.1 Å². The van der Waals surface area contributed by atoms with Gasteiger partial charge in [0.2, 0.25) is 0 Å². The minimum Gasteiger partial charge on any atom is -0.306 e. The molecule has 2 heterocycles. The predicted molar refractivity (Wildman–Crippen MR) is 130 cm³/mol. The number of piperazine rings is 1. The Morgan fingerprint density at radius 2 is 1.35 bits per heavy atom. The van der Waals surface area contributed by atoms with Crippen molar-refractivity contribution in [1.82, 2.24) is 19.4 Å². The molecule has 7 heteroatoms. The molecule has 4 aromatic rings. The minimum atomic E-state index is -0.263. The number of aromatic nitrogens is 2. The Morgan fingerprint density at radius 1 is 0.765 bits per heavy atom. The third-order valence-electron chi connectivity index (χ3n) is 6.68. The Hall–Kier alpha value is -3.29. The molecule has 1 saturated heterocycles. The zero-order valence-corrected chi connectivity index (χ0v) is 19.0. The summed E-state index contributed by atoms with van der Waals surface area (Å²) in [6, 6.07) is 20.9. The number of hydrogen-bond acceptors (Lipinski definition) is 3. The van der Waals surface area contributed by atoms with Crippen molar-refractivity contribution in [3.05, 3.63) is 106 Å². The SMILES string of the molecule is O=c1[nH]c2ccccc2n1CCCN1CCN(C(c2ccc(F)cc2)c2ccc(F)cc2)CC1. The number of nitrogens with zero attached hydrogens (tertiary/aromatic N) is 3. The van der Waals surface area contributed by atoms with E-state index in [9.17, 15) is 13.6 Å². The highest BCUT2D eigenvalue weighted by atomic mass is 19.1. The van der Waals surface area contributed by atoms with Gasteiger partial charge < -0.3 is 9.88 Å². The number of benzene rings is 3. The van der Waals surface area contributed by atoms with Gasteiger partial charge in [-0.15, -0.1) is 0 Å². The van der Waals surface area contributed by atoms with Crippen molar-refractivity contribution in [1.29, 1.82) is 0 Å². The highest BCUT2D eigenvalue weighted by molar-refractivity contribution is 5.74. The second-order valence-corrected chi connectivity index (χ2v) is 8.84. The van der Waals surface area contributed by atoms with Gasteiger partial charge in [-0.1, -0.05) is 36.4 Å². The summed E-state index contributed by atoms with van der Waals surface area (Å²) in [5, 5.41) is 0. The molecule has 0 spiro atoms. The lowest BCUT2D eigenvalue weighted by Gasteiger charge is -2.40. The van der Waals surface area contributed by atoms with Crippen LogP contribution in [0.25, 0.3) is 11.0 Å². The van der Waals surface area contributed by atoms with Crippen LogP contribution in [0.1, 0.15) is 23.6 Å². The zero-order valence-electron chi connectivity index (χ0n) is 19.0. The summed E-state index contributed by atoms with van der Waals surface area (Å²) in [7, 11) is 0. The summed E-state index contributed by atoms with van der Waals surface area (Å²) < 4.78 is 28.9. The Bertz CT molecular complexity index is 1240. The normalized spacial score (nSPS) is 15.4. The largest absolute Gasteiger partial charge is 0.326 e. The van der Waals surface area contributed by atoms with Gasteiger partial charge in [0.05, 0.1) is 17.1 Å². The smallest absolute Gasteiger partial charge is 0.306 e. The molecule has 0 atom stereocenters. The van der Waals surface area contributed by atoms with Crippen LogP contribution < -0.4 is 5.69 Å². The average Bonchev–Trinajstić information content (AvgIpc) is 3.17. The first kappa shape index (κ1) is 22.5. The molecule has 5 nitrogen and oxygen atoms in total. The van der Waals surface area contributed by atoms with Gasteiger partial charge in [0.15, 0.2) is 0 Å². The molecular formula is C27H28F2N4O. The van der Waals surface area contributed by atoms with E-state index in [2.05, 4.69) is 14.8 Å². The van der Waals surface area contributed by atoms with E-state index in [0.717, 1.165) is 61.3 Å². The molecule has 0 radical (unpaired) electrons. The Morgan fingerprint density at radius 3 is 1.97 bits per heavy atom. The monoisotopic (exact) mass is 462 g/mol. The third kappa shape index (κ3) is 4.81. The van der Waals surface area contributed by atoms with Crippen molar-refractivity contribution in [2.45, 2.75) is 19.0 Å². The molecule has 1 aliphatic heterocycles. The molecule has 1 aliphatic rings. The number of halogens is 2. The first-order valence-electron chi connectivity index (χ1n) is 11.7. The predicted octanol–water partition coefficient (Wildman–Crippen LogP) is 4.41. The molecule has 1 N–H and O–H groups in total. The van der Waals surface area contributed by atoms with Crippen LogP contribution in [0.5, 0.6) is 0 Å². The van der Waals surface area contributed by atoms with Crippen molar-refractivity contribution in [3.63, 3.8) is 0 Å². The minimum absolute atomic E-state index is 0.0480. The lowest BCUT2D eigenvalue weighted by atomic mass is 9.96. The highest BCUT2D eigenvalue weighted by Gasteiger charge is 2.26. The molecular weight excluding hydrogens is 434 g/mol. The van der Waals surface area contributed by atoms with Crippen molar-refractivity contribution >= 4 is 11.0 Å². The lowest BCUT2D eigenvalue weighted by molar-refractivity contribution is 0.108. The number of para-hydroxylation sites is 2. The molecule has 1 aromatic heterocycles. The maximum absolute atomic E-state index is 13.5. The number of rotatable bonds is 7. The van der Waals surface area contributed by atoms with Crippen molar-refractivity contribution < 1.29 is 8.78 Å². The van der Waals surface area contributed by atoms with E-state index in [4.69, 9.17) is 0 Å². The summed E-state index contributed by atoms with van der Waals surface area (Å²) >= 11 is 0. The van der Waals surface area contributed by atoms with Gasteiger partial charge in [0.25, 0.3) is 0 Å². The van der Waals surface area contributed by atoms with Crippen LogP contribution in [-0.4, -0.2) is 52.1 Å². The maximum Gasteiger partial charge on any atom is 0.326 e. The number of imidazole rings is 1. The van der Waals surface area contributed by atoms with Gasteiger partial charge in [-0.25, -0.2) is 13.6 Å². The molecule has 3 aromatic carbocycles. The van der Waals surface area contributed by atoms with Crippen molar-refractivity contribution in [2.75, 3.05) is 32.7 Å². The summed E-state index contributed by atoms with van der Waals surface area (Å²) in [4.78, 5) is 20.0. The first-order valence-corrected chi connectivity index (χ1v) is 11.7. The number of hydrogen-bond donors (Lipinski definition) is 1. The van der Waals surface area contributed by atoms with Crippen LogP contribution in [0, 0.1) is 11.6 Å². The Balaban J connectivity index is 1.22. The summed E-state index contributed by atoms with van der Waals surface area (Å²) in [6.07, 6.45) is 0.890. The number of H-pyrrole nitrogens is 1. The molecule has 0 amide bonds. The fraction of sp³-hybridized carbons (Fsp3) is 0.296. The standard InChI is InChI=1S/C27H28F2N4O/c28-22-10-6-20(7-11-22)26(21-8-12-23(29)13-9-21)32-18-16-31(17-19-32)14-3-15-33-25-5-2-1-4-24(25)30-27(33)34/h1-2,4-13,26H,3,14-19H2,(H,30,34). The fourth-order valence-electron chi connectivity index (χ4n) is 4.93. The van der Waals surface area contributed by atoms with Gasteiger partial charge in [-0.3, -0.25) is 9.47 Å². The quantitative estimate of drug-likeness (QED) is 0.443. The Kier molecular flexibility index (Phi) is 6.56. The molecule has 0 bridgehead atoms. The molecule has 0 saturated carbocycles. The second kappa shape index (κ2) is 9.91. The van der Waals surface area contributed by atoms with E-state index in [1.54, 1.807) is 0 Å². The van der Waals surface area contributed by atoms with Crippen LogP contribution >= 0.6 is 0 Å². The van der Waals surface area contributed by atoms with Crippen LogP contribution in [0.4, 0.5) is 8.78 Å². The van der Waals surface area contributed by atoms with E-state index in [0.29, 0.717) is 6.54 Å². The van der Waals surface area contributed by atoms with Crippen molar-refractivity contribution in [2.24, 2.45) is 0 Å².